The number of nitrogens with one attached hydrogen (secondary N) is 1. The molecule has 1 fully saturated rings. The number of fused-ring (bicyclic) bond motifs is 6. The highest BCUT2D eigenvalue weighted by molar-refractivity contribution is 6.34. The van der Waals surface area contributed by atoms with Crippen LogP contribution >= 0.6 is 11.6 Å². The summed E-state index contributed by atoms with van der Waals surface area (Å²) in [5, 5.41) is 9.31. The number of piperazine rings is 1. The van der Waals surface area contributed by atoms with E-state index in [1.807, 2.05) is 45.0 Å². The number of anilines is 1. The molecule has 230 valence electrons. The molecule has 0 bridgehead atoms. The molecule has 0 saturated carbocycles. The Morgan fingerprint density at radius 2 is 1.96 bits per heavy atom. The number of pyridine rings is 3. The molecule has 7 rings (SSSR count). The number of halogens is 1. The van der Waals surface area contributed by atoms with Crippen LogP contribution in [0.1, 0.15) is 43.5 Å². The highest BCUT2D eigenvalue weighted by Gasteiger charge is 2.41. The zero-order chi connectivity index (χ0) is 31.7. The van der Waals surface area contributed by atoms with Crippen LogP contribution in [0.2, 0.25) is 5.02 Å². The molecule has 10 nitrogen and oxygen atoms in total. The fourth-order valence-corrected chi connectivity index (χ4v) is 7.07. The maximum absolute atomic E-state index is 14.7. The number of aromatic amines is 1. The summed E-state index contributed by atoms with van der Waals surface area (Å²) in [7, 11) is 0. The van der Waals surface area contributed by atoms with Gasteiger partial charge in [-0.3, -0.25) is 24.2 Å². The summed E-state index contributed by atoms with van der Waals surface area (Å²) >= 11 is 7.14. The maximum atomic E-state index is 14.7. The lowest BCUT2D eigenvalue weighted by atomic mass is 9.99. The number of hydrogen-bond donors (Lipinski definition) is 1. The van der Waals surface area contributed by atoms with Gasteiger partial charge in [0.1, 0.15) is 6.61 Å². The lowest BCUT2D eigenvalue weighted by molar-refractivity contribution is -0.129. The number of aryl methyl sites for hydroxylation is 2. The summed E-state index contributed by atoms with van der Waals surface area (Å²) in [5.41, 5.74) is 6.38. The van der Waals surface area contributed by atoms with Gasteiger partial charge in [-0.25, -0.2) is 4.98 Å². The molecular formula is C34H34ClN7O3. The molecule has 1 aromatic carbocycles. The van der Waals surface area contributed by atoms with Crippen molar-refractivity contribution in [2.45, 2.75) is 52.6 Å². The van der Waals surface area contributed by atoms with E-state index in [1.165, 1.54) is 6.08 Å². The molecule has 1 saturated heterocycles. The van der Waals surface area contributed by atoms with Crippen molar-refractivity contribution < 1.29 is 9.53 Å². The minimum atomic E-state index is -0.315. The number of nitrogens with zero attached hydrogens (tertiary/aromatic N) is 6. The quantitative estimate of drug-likeness (QED) is 0.256. The SMILES string of the molecule is C=CC(=O)N1CC2COc3c(c4cc(Cl)c(-c5c(C)ccc6[nH]ncc56)nc4n(-c4c(C)ccnc4C(C)C)c3=O)N2CC1C. The fraction of sp³-hybridized carbons (Fsp3) is 0.324. The summed E-state index contributed by atoms with van der Waals surface area (Å²) in [6.45, 7) is 15.0. The van der Waals surface area contributed by atoms with Gasteiger partial charge in [-0.15, -0.1) is 0 Å². The van der Waals surface area contributed by atoms with Gasteiger partial charge >= 0.3 is 5.56 Å². The second-order valence-corrected chi connectivity index (χ2v) is 12.7. The molecule has 6 heterocycles. The van der Waals surface area contributed by atoms with Crippen molar-refractivity contribution >= 4 is 45.1 Å². The minimum Gasteiger partial charge on any atom is -0.484 e. The predicted octanol–water partition coefficient (Wildman–Crippen LogP) is 5.70. The normalized spacial score (nSPS) is 17.8. The largest absolute Gasteiger partial charge is 0.484 e. The molecule has 1 amide bonds. The van der Waals surface area contributed by atoms with Crippen molar-refractivity contribution in [1.29, 1.82) is 0 Å². The van der Waals surface area contributed by atoms with Crippen LogP contribution in [0.3, 0.4) is 0 Å². The highest BCUT2D eigenvalue weighted by atomic mass is 35.5. The molecule has 0 spiro atoms. The van der Waals surface area contributed by atoms with E-state index in [9.17, 15) is 9.59 Å². The van der Waals surface area contributed by atoms with Crippen LogP contribution in [0.5, 0.6) is 5.75 Å². The molecule has 45 heavy (non-hydrogen) atoms. The number of carbonyl (C=O) groups is 1. The predicted molar refractivity (Wildman–Crippen MR) is 177 cm³/mol. The second kappa shape index (κ2) is 10.7. The number of benzene rings is 1. The standard InChI is InChI=1S/C34H34ClN7O3/c1-7-26(43)40-15-21-16-45-32-31(41(21)14-20(40)6)22-12-24(35)29(27-18(4)8-9-25-23(27)13-37-39-25)38-33(22)42(34(32)44)30-19(5)10-11-36-28(30)17(2)3/h7-13,17,20-21H,1,14-16H2,2-6H3,(H,37,39). The summed E-state index contributed by atoms with van der Waals surface area (Å²) in [5.74, 6) is 0.152. The monoisotopic (exact) mass is 623 g/mol. The third-order valence-corrected chi connectivity index (χ3v) is 9.32. The van der Waals surface area contributed by atoms with Gasteiger partial charge in [-0.2, -0.15) is 5.10 Å². The van der Waals surface area contributed by atoms with Crippen LogP contribution in [-0.2, 0) is 4.79 Å². The molecule has 0 radical (unpaired) electrons. The molecule has 0 aliphatic carbocycles. The van der Waals surface area contributed by atoms with Gasteiger partial charge in [0.05, 0.1) is 45.5 Å². The summed E-state index contributed by atoms with van der Waals surface area (Å²) < 4.78 is 7.96. The third kappa shape index (κ3) is 4.41. The van der Waals surface area contributed by atoms with Gasteiger partial charge in [-0.1, -0.05) is 38.1 Å². The number of hydrogen-bond acceptors (Lipinski definition) is 7. The Morgan fingerprint density at radius 3 is 2.71 bits per heavy atom. The second-order valence-electron chi connectivity index (χ2n) is 12.3. The first-order chi connectivity index (χ1) is 21.6. The Kier molecular flexibility index (Phi) is 6.92. The van der Waals surface area contributed by atoms with Gasteiger partial charge in [0.2, 0.25) is 11.7 Å². The number of H-pyrrole nitrogens is 1. The zero-order valence-corrected chi connectivity index (χ0v) is 26.6. The van der Waals surface area contributed by atoms with Crippen molar-refractivity contribution in [1.82, 2.24) is 29.6 Å². The number of aromatic nitrogens is 5. The summed E-state index contributed by atoms with van der Waals surface area (Å²) in [6.07, 6.45) is 4.88. The maximum Gasteiger partial charge on any atom is 0.301 e. The van der Waals surface area contributed by atoms with Crippen LogP contribution in [0.4, 0.5) is 5.69 Å². The van der Waals surface area contributed by atoms with Crippen LogP contribution in [0, 0.1) is 13.8 Å². The van der Waals surface area contributed by atoms with Crippen LogP contribution in [0.15, 0.2) is 54.1 Å². The molecule has 2 unspecified atom stereocenters. The third-order valence-electron chi connectivity index (χ3n) is 9.04. The molecule has 5 aromatic rings. The number of ether oxygens (including phenoxy) is 1. The van der Waals surface area contributed by atoms with Crippen molar-refractivity contribution in [2.75, 3.05) is 24.6 Å². The molecule has 2 aliphatic heterocycles. The highest BCUT2D eigenvalue weighted by Crippen LogP contribution is 2.44. The topological polar surface area (TPSA) is 109 Å². The summed E-state index contributed by atoms with van der Waals surface area (Å²) in [4.78, 5) is 41.3. The fourth-order valence-electron chi connectivity index (χ4n) is 6.83. The van der Waals surface area contributed by atoms with E-state index < -0.39 is 0 Å². The number of amides is 1. The van der Waals surface area contributed by atoms with Crippen molar-refractivity contribution in [3.63, 3.8) is 0 Å². The Bertz CT molecular complexity index is 2100. The Labute approximate surface area is 265 Å². The smallest absolute Gasteiger partial charge is 0.301 e. The van der Waals surface area contributed by atoms with Gasteiger partial charge in [0.25, 0.3) is 0 Å². The van der Waals surface area contributed by atoms with Gasteiger partial charge in [0.15, 0.2) is 5.65 Å². The first-order valence-corrected chi connectivity index (χ1v) is 15.5. The van der Waals surface area contributed by atoms with E-state index in [0.717, 1.165) is 33.3 Å². The van der Waals surface area contributed by atoms with Crippen LogP contribution < -0.4 is 15.2 Å². The molecule has 4 aromatic heterocycles. The van der Waals surface area contributed by atoms with E-state index in [4.69, 9.17) is 26.3 Å². The summed E-state index contributed by atoms with van der Waals surface area (Å²) in [6, 6.07) is 7.50. The average Bonchev–Trinajstić information content (AvgIpc) is 3.50. The minimum absolute atomic E-state index is 0.0354. The first kappa shape index (κ1) is 29.0. The van der Waals surface area contributed by atoms with E-state index in [0.29, 0.717) is 46.2 Å². The van der Waals surface area contributed by atoms with Crippen LogP contribution in [-0.4, -0.2) is 67.3 Å². The zero-order valence-electron chi connectivity index (χ0n) is 25.9. The van der Waals surface area contributed by atoms with E-state index in [-0.39, 0.29) is 41.8 Å². The Balaban J connectivity index is 1.57. The Hall–Kier alpha value is -4.70. The van der Waals surface area contributed by atoms with Crippen LogP contribution in [0.25, 0.3) is 38.9 Å². The van der Waals surface area contributed by atoms with Crippen molar-refractivity contribution in [3.8, 4) is 22.7 Å². The average molecular weight is 624 g/mol. The Morgan fingerprint density at radius 1 is 1.16 bits per heavy atom. The van der Waals surface area contributed by atoms with Gasteiger partial charge in [0, 0.05) is 41.7 Å². The number of rotatable bonds is 4. The van der Waals surface area contributed by atoms with Gasteiger partial charge < -0.3 is 14.5 Å². The lowest BCUT2D eigenvalue weighted by Gasteiger charge is -2.48. The first-order valence-electron chi connectivity index (χ1n) is 15.1. The molecule has 1 N–H and O–H groups in total. The van der Waals surface area contributed by atoms with E-state index in [2.05, 4.69) is 35.5 Å². The number of carbonyl (C=O) groups excluding carboxylic acids is 1. The lowest BCUT2D eigenvalue weighted by Crippen LogP contribution is -2.62. The molecule has 11 heteroatoms. The molecular weight excluding hydrogens is 590 g/mol. The van der Waals surface area contributed by atoms with E-state index >= 15 is 0 Å². The molecule has 2 aliphatic rings. The van der Waals surface area contributed by atoms with Gasteiger partial charge in [-0.05, 0) is 62.1 Å². The van der Waals surface area contributed by atoms with Crippen molar-refractivity contribution in [3.05, 3.63) is 81.5 Å². The molecule has 2 atom stereocenters. The van der Waals surface area contributed by atoms with E-state index in [1.54, 1.807) is 21.9 Å². The van der Waals surface area contributed by atoms with Crippen molar-refractivity contribution in [2.24, 2.45) is 0 Å².